The third-order valence-electron chi connectivity index (χ3n) is 2.27. The smallest absolute Gasteiger partial charge is 0.313 e. The van der Waals surface area contributed by atoms with Crippen LogP contribution in [0.3, 0.4) is 0 Å². The summed E-state index contributed by atoms with van der Waals surface area (Å²) in [5, 5.41) is 14.1. The van der Waals surface area contributed by atoms with Crippen LogP contribution in [0.25, 0.3) is 0 Å². The number of phenolic OH excluding ortho intramolecular Hbond substituents is 1. The Morgan fingerprint density at radius 1 is 1.32 bits per heavy atom. The average Bonchev–Trinajstić information content (AvgIpc) is 2.38. The molecule has 1 aromatic carbocycles. The van der Waals surface area contributed by atoms with Crippen LogP contribution in [0.15, 0.2) is 24.3 Å². The Morgan fingerprint density at radius 2 is 2.11 bits per heavy atom. The molecular formula is C13H18N2O4. The van der Waals surface area contributed by atoms with Gasteiger partial charge < -0.3 is 20.5 Å². The minimum absolute atomic E-state index is 0.0231. The number of benzene rings is 1. The molecule has 0 saturated carbocycles. The van der Waals surface area contributed by atoms with Crippen LogP contribution in [0.1, 0.15) is 13.3 Å². The molecular weight excluding hydrogens is 248 g/mol. The molecule has 6 heteroatoms. The van der Waals surface area contributed by atoms with Gasteiger partial charge in [-0.25, -0.2) is 0 Å². The summed E-state index contributed by atoms with van der Waals surface area (Å²) >= 11 is 0. The van der Waals surface area contributed by atoms with Crippen molar-refractivity contribution >= 4 is 17.5 Å². The van der Waals surface area contributed by atoms with Gasteiger partial charge in [-0.05, 0) is 25.5 Å². The van der Waals surface area contributed by atoms with Gasteiger partial charge >= 0.3 is 11.8 Å². The Balaban J connectivity index is 2.31. The van der Waals surface area contributed by atoms with Crippen LogP contribution >= 0.6 is 0 Å². The molecule has 19 heavy (non-hydrogen) atoms. The molecule has 3 N–H and O–H groups in total. The fourth-order valence-corrected chi connectivity index (χ4v) is 1.37. The second kappa shape index (κ2) is 8.10. The first-order chi connectivity index (χ1) is 9.13. The number of hydrogen-bond donors (Lipinski definition) is 3. The number of aromatic hydroxyl groups is 1. The van der Waals surface area contributed by atoms with E-state index in [1.165, 1.54) is 12.1 Å². The summed E-state index contributed by atoms with van der Waals surface area (Å²) in [6.07, 6.45) is 0.652. The van der Waals surface area contributed by atoms with Crippen molar-refractivity contribution in [1.29, 1.82) is 0 Å². The molecule has 0 unspecified atom stereocenters. The molecule has 2 amide bonds. The third kappa shape index (κ3) is 5.87. The number of amides is 2. The highest BCUT2D eigenvalue weighted by atomic mass is 16.5. The maximum Gasteiger partial charge on any atom is 0.313 e. The van der Waals surface area contributed by atoms with Crippen molar-refractivity contribution in [2.45, 2.75) is 13.3 Å². The molecule has 0 aromatic heterocycles. The van der Waals surface area contributed by atoms with Crippen molar-refractivity contribution in [3.63, 3.8) is 0 Å². The molecule has 0 aliphatic heterocycles. The van der Waals surface area contributed by atoms with Crippen molar-refractivity contribution in [3.8, 4) is 5.75 Å². The fourth-order valence-electron chi connectivity index (χ4n) is 1.37. The summed E-state index contributed by atoms with van der Waals surface area (Å²) in [5.41, 5.74) is 0.370. The lowest BCUT2D eigenvalue weighted by Gasteiger charge is -2.06. The topological polar surface area (TPSA) is 87.7 Å². The maximum absolute atomic E-state index is 11.5. The van der Waals surface area contributed by atoms with Gasteiger partial charge in [0.25, 0.3) is 0 Å². The van der Waals surface area contributed by atoms with Gasteiger partial charge in [0.15, 0.2) is 0 Å². The van der Waals surface area contributed by atoms with E-state index in [-0.39, 0.29) is 5.75 Å². The zero-order valence-electron chi connectivity index (χ0n) is 10.8. The molecule has 0 radical (unpaired) electrons. The quantitative estimate of drug-likeness (QED) is 0.526. The van der Waals surface area contributed by atoms with Gasteiger partial charge in [0.2, 0.25) is 0 Å². The van der Waals surface area contributed by atoms with Crippen LogP contribution < -0.4 is 10.6 Å². The second-order valence-electron chi connectivity index (χ2n) is 3.81. The molecule has 0 aliphatic rings. The lowest BCUT2D eigenvalue weighted by atomic mass is 10.3. The van der Waals surface area contributed by atoms with Crippen molar-refractivity contribution < 1.29 is 19.4 Å². The molecule has 0 saturated heterocycles. The summed E-state index contributed by atoms with van der Waals surface area (Å²) in [7, 11) is 0. The van der Waals surface area contributed by atoms with E-state index >= 15 is 0 Å². The summed E-state index contributed by atoms with van der Waals surface area (Å²) < 4.78 is 5.10. The predicted octanol–water partition coefficient (Wildman–Crippen LogP) is 0.873. The van der Waals surface area contributed by atoms with E-state index in [1.54, 1.807) is 12.1 Å². The van der Waals surface area contributed by atoms with E-state index in [9.17, 15) is 14.7 Å². The zero-order chi connectivity index (χ0) is 14.1. The van der Waals surface area contributed by atoms with Crippen molar-refractivity contribution in [3.05, 3.63) is 24.3 Å². The van der Waals surface area contributed by atoms with Crippen molar-refractivity contribution in [2.24, 2.45) is 0 Å². The van der Waals surface area contributed by atoms with E-state index in [0.29, 0.717) is 31.9 Å². The Hall–Kier alpha value is -2.08. The zero-order valence-corrected chi connectivity index (χ0v) is 10.8. The van der Waals surface area contributed by atoms with Crippen LogP contribution in [0, 0.1) is 0 Å². The highest BCUT2D eigenvalue weighted by Crippen LogP contribution is 2.14. The fraction of sp³-hybridized carbons (Fsp3) is 0.385. The van der Waals surface area contributed by atoms with Crippen molar-refractivity contribution in [2.75, 3.05) is 25.1 Å². The van der Waals surface area contributed by atoms with Crippen LogP contribution in [0.2, 0.25) is 0 Å². The lowest BCUT2D eigenvalue weighted by molar-refractivity contribution is -0.136. The number of rotatable bonds is 6. The van der Waals surface area contributed by atoms with Crippen LogP contribution in [0.5, 0.6) is 5.75 Å². The minimum Gasteiger partial charge on any atom is -0.508 e. The largest absolute Gasteiger partial charge is 0.508 e. The van der Waals surface area contributed by atoms with E-state index in [4.69, 9.17) is 4.74 Å². The molecule has 0 heterocycles. The number of carbonyl (C=O) groups excluding carboxylic acids is 2. The number of carbonyl (C=O) groups is 2. The third-order valence-corrected chi connectivity index (χ3v) is 2.27. The summed E-state index contributed by atoms with van der Waals surface area (Å²) in [6, 6.07) is 5.99. The first-order valence-electron chi connectivity index (χ1n) is 6.09. The normalized spacial score (nSPS) is 9.95. The molecule has 1 aromatic rings. The van der Waals surface area contributed by atoms with Crippen LogP contribution in [0.4, 0.5) is 5.69 Å². The summed E-state index contributed by atoms with van der Waals surface area (Å²) in [5.74, 6) is -1.45. The first kappa shape index (κ1) is 15.0. The Morgan fingerprint density at radius 3 is 2.79 bits per heavy atom. The number of anilines is 1. The molecule has 1 rings (SSSR count). The number of phenols is 1. The van der Waals surface area contributed by atoms with E-state index in [2.05, 4.69) is 10.6 Å². The molecule has 0 fully saturated rings. The molecule has 0 spiro atoms. The Kier molecular flexibility index (Phi) is 6.38. The Labute approximate surface area is 111 Å². The molecule has 0 bridgehead atoms. The first-order valence-corrected chi connectivity index (χ1v) is 6.09. The lowest BCUT2D eigenvalue weighted by Crippen LogP contribution is -2.36. The Bertz CT molecular complexity index is 434. The number of ether oxygens (including phenoxy) is 1. The minimum atomic E-state index is -0.762. The highest BCUT2D eigenvalue weighted by Gasteiger charge is 2.12. The number of hydrogen-bond acceptors (Lipinski definition) is 4. The summed E-state index contributed by atoms with van der Waals surface area (Å²) in [4.78, 5) is 22.9. The van der Waals surface area contributed by atoms with Gasteiger partial charge in [-0.15, -0.1) is 0 Å². The average molecular weight is 266 g/mol. The van der Waals surface area contributed by atoms with Crippen LogP contribution in [-0.2, 0) is 14.3 Å². The number of nitrogens with one attached hydrogen (secondary N) is 2. The van der Waals surface area contributed by atoms with E-state index < -0.39 is 11.8 Å². The molecule has 0 aliphatic carbocycles. The maximum atomic E-state index is 11.5. The van der Waals surface area contributed by atoms with Gasteiger partial charge in [-0.1, -0.05) is 6.07 Å². The standard InChI is InChI=1S/C13H18N2O4/c1-2-19-8-4-7-14-12(17)13(18)15-10-5-3-6-11(16)9-10/h3,5-6,9,16H,2,4,7-8H2,1H3,(H,14,17)(H,15,18). The predicted molar refractivity (Wildman–Crippen MR) is 70.9 cm³/mol. The van der Waals surface area contributed by atoms with Gasteiger partial charge in [0.1, 0.15) is 5.75 Å². The molecule has 104 valence electrons. The highest BCUT2D eigenvalue weighted by molar-refractivity contribution is 6.39. The van der Waals surface area contributed by atoms with Crippen LogP contribution in [-0.4, -0.2) is 36.7 Å². The van der Waals surface area contributed by atoms with Gasteiger partial charge in [-0.3, -0.25) is 9.59 Å². The van der Waals surface area contributed by atoms with Gasteiger partial charge in [-0.2, -0.15) is 0 Å². The summed E-state index contributed by atoms with van der Waals surface area (Å²) in [6.45, 7) is 3.45. The monoisotopic (exact) mass is 266 g/mol. The second-order valence-corrected chi connectivity index (χ2v) is 3.81. The van der Waals surface area contributed by atoms with Crippen molar-refractivity contribution in [1.82, 2.24) is 5.32 Å². The molecule has 0 atom stereocenters. The molecule has 6 nitrogen and oxygen atoms in total. The van der Waals surface area contributed by atoms with E-state index in [1.807, 2.05) is 6.92 Å². The van der Waals surface area contributed by atoms with Gasteiger partial charge in [0.05, 0.1) is 0 Å². The SMILES string of the molecule is CCOCCCNC(=O)C(=O)Nc1cccc(O)c1. The van der Waals surface area contributed by atoms with Gasteiger partial charge in [0, 0.05) is 31.5 Å². The van der Waals surface area contributed by atoms with E-state index in [0.717, 1.165) is 0 Å².